The smallest absolute Gasteiger partial charge is 0.256 e. The van der Waals surface area contributed by atoms with Crippen LogP contribution in [-0.4, -0.2) is 35.4 Å². The summed E-state index contributed by atoms with van der Waals surface area (Å²) in [5.41, 5.74) is 0.162. The fraction of sp³-hybridized carbons (Fsp3) is 0.364. The third-order valence-corrected chi connectivity index (χ3v) is 3.90. The Bertz CT molecular complexity index is 407. The van der Waals surface area contributed by atoms with Gasteiger partial charge >= 0.3 is 0 Å². The summed E-state index contributed by atoms with van der Waals surface area (Å²) in [5.74, 6) is 1.20. The normalized spacial score (nSPS) is 16.2. The van der Waals surface area contributed by atoms with Crippen LogP contribution in [0.2, 0.25) is 0 Å². The first-order chi connectivity index (χ1) is 7.68. The minimum absolute atomic E-state index is 0.162. The van der Waals surface area contributed by atoms with Gasteiger partial charge in [0.15, 0.2) is 0 Å². The summed E-state index contributed by atoms with van der Waals surface area (Å²) in [4.78, 5) is 13.7. The largest absolute Gasteiger partial charge is 0.337 e. The molecule has 0 N–H and O–H groups in total. The summed E-state index contributed by atoms with van der Waals surface area (Å²) >= 11 is 5.00. The first-order valence-corrected chi connectivity index (χ1v) is 6.95. The van der Waals surface area contributed by atoms with Gasteiger partial charge in [-0.2, -0.15) is 11.8 Å². The molecule has 0 bridgehead atoms. The van der Waals surface area contributed by atoms with E-state index in [1.807, 2.05) is 11.8 Å². The molecular weight excluding hydrogens is 293 g/mol. The monoisotopic (exact) mass is 303 g/mol. The van der Waals surface area contributed by atoms with Crippen molar-refractivity contribution in [2.75, 3.05) is 24.6 Å². The van der Waals surface area contributed by atoms with Crippen LogP contribution in [0.15, 0.2) is 22.7 Å². The van der Waals surface area contributed by atoms with Crippen LogP contribution < -0.4 is 0 Å². The van der Waals surface area contributed by atoms with Gasteiger partial charge in [0.25, 0.3) is 5.91 Å². The molecule has 1 aliphatic rings. The van der Waals surface area contributed by atoms with Gasteiger partial charge in [-0.3, -0.25) is 4.79 Å². The molecule has 0 radical (unpaired) electrons. The first kappa shape index (κ1) is 11.9. The summed E-state index contributed by atoms with van der Waals surface area (Å²) in [6.45, 7) is 1.41. The van der Waals surface area contributed by atoms with Crippen LogP contribution in [0.5, 0.6) is 0 Å². The Labute approximate surface area is 106 Å². The summed E-state index contributed by atoms with van der Waals surface area (Å²) in [6.07, 6.45) is 0. The fourth-order valence-electron chi connectivity index (χ4n) is 1.60. The molecule has 86 valence electrons. The van der Waals surface area contributed by atoms with E-state index in [0.29, 0.717) is 17.6 Å². The minimum Gasteiger partial charge on any atom is -0.337 e. The van der Waals surface area contributed by atoms with Gasteiger partial charge in [0.05, 0.1) is 5.56 Å². The molecular formula is C11H11BrFNOS. The fourth-order valence-corrected chi connectivity index (χ4v) is 2.84. The Hall–Kier alpha value is -0.550. The van der Waals surface area contributed by atoms with Crippen molar-refractivity contribution in [3.63, 3.8) is 0 Å². The molecule has 1 amide bonds. The van der Waals surface area contributed by atoms with Gasteiger partial charge < -0.3 is 4.90 Å². The predicted octanol–water partition coefficient (Wildman–Crippen LogP) is 2.78. The number of thioether (sulfide) groups is 1. The highest BCUT2D eigenvalue weighted by Gasteiger charge is 2.20. The van der Waals surface area contributed by atoms with Crippen molar-refractivity contribution in [2.45, 2.75) is 0 Å². The first-order valence-electron chi connectivity index (χ1n) is 5.00. The topological polar surface area (TPSA) is 20.3 Å². The van der Waals surface area contributed by atoms with Crippen molar-refractivity contribution in [3.05, 3.63) is 34.1 Å². The van der Waals surface area contributed by atoms with E-state index in [9.17, 15) is 9.18 Å². The second-order valence-electron chi connectivity index (χ2n) is 3.53. The van der Waals surface area contributed by atoms with Crippen LogP contribution in [0, 0.1) is 5.82 Å². The van der Waals surface area contributed by atoms with Crippen LogP contribution in [0.3, 0.4) is 0 Å². The van der Waals surface area contributed by atoms with Crippen LogP contribution in [-0.2, 0) is 0 Å². The molecule has 1 aromatic carbocycles. The average Bonchev–Trinajstić information content (AvgIpc) is 2.29. The number of halogens is 2. The second kappa shape index (κ2) is 5.19. The number of hydrogen-bond acceptors (Lipinski definition) is 2. The zero-order chi connectivity index (χ0) is 11.5. The van der Waals surface area contributed by atoms with Gasteiger partial charge in [-0.25, -0.2) is 4.39 Å². The van der Waals surface area contributed by atoms with Gasteiger partial charge in [0.2, 0.25) is 0 Å². The molecule has 0 atom stereocenters. The van der Waals surface area contributed by atoms with Crippen molar-refractivity contribution in [1.29, 1.82) is 0 Å². The molecule has 1 aliphatic heterocycles. The van der Waals surface area contributed by atoms with Crippen molar-refractivity contribution >= 4 is 33.6 Å². The Morgan fingerprint density at radius 2 is 2.06 bits per heavy atom. The number of nitrogens with zero attached hydrogens (tertiary/aromatic N) is 1. The summed E-state index contributed by atoms with van der Waals surface area (Å²) < 4.78 is 14.2. The maximum Gasteiger partial charge on any atom is 0.256 e. The summed E-state index contributed by atoms with van der Waals surface area (Å²) in [5, 5.41) is 0. The molecule has 0 spiro atoms. The van der Waals surface area contributed by atoms with E-state index in [1.165, 1.54) is 12.1 Å². The van der Waals surface area contributed by atoms with Crippen LogP contribution in [0.25, 0.3) is 0 Å². The highest BCUT2D eigenvalue weighted by molar-refractivity contribution is 9.10. The molecule has 0 unspecified atom stereocenters. The number of hydrogen-bond donors (Lipinski definition) is 0. The molecule has 0 aromatic heterocycles. The standard InChI is InChI=1S/C11H11BrFNOS/c12-8-1-2-9(10(13)7-8)11(15)14-3-5-16-6-4-14/h1-2,7H,3-6H2. The zero-order valence-electron chi connectivity index (χ0n) is 8.58. The molecule has 2 nitrogen and oxygen atoms in total. The molecule has 2 rings (SSSR count). The molecule has 0 aliphatic carbocycles. The Balaban J connectivity index is 2.19. The van der Waals surface area contributed by atoms with Gasteiger partial charge in [-0.05, 0) is 18.2 Å². The number of rotatable bonds is 1. The molecule has 1 aromatic rings. The number of benzene rings is 1. The Kier molecular flexibility index (Phi) is 3.86. The molecule has 1 saturated heterocycles. The van der Waals surface area contributed by atoms with E-state index in [4.69, 9.17) is 0 Å². The Morgan fingerprint density at radius 3 is 2.69 bits per heavy atom. The lowest BCUT2D eigenvalue weighted by atomic mass is 10.2. The van der Waals surface area contributed by atoms with E-state index in [-0.39, 0.29) is 11.5 Å². The van der Waals surface area contributed by atoms with Crippen molar-refractivity contribution in [1.82, 2.24) is 4.90 Å². The summed E-state index contributed by atoms with van der Waals surface area (Å²) in [6, 6.07) is 4.55. The highest BCUT2D eigenvalue weighted by atomic mass is 79.9. The van der Waals surface area contributed by atoms with Crippen molar-refractivity contribution < 1.29 is 9.18 Å². The maximum atomic E-state index is 13.6. The lowest BCUT2D eigenvalue weighted by molar-refractivity contribution is 0.0767. The van der Waals surface area contributed by atoms with E-state index in [2.05, 4.69) is 15.9 Å². The van der Waals surface area contributed by atoms with Crippen molar-refractivity contribution in [3.8, 4) is 0 Å². The SMILES string of the molecule is O=C(c1ccc(Br)cc1F)N1CCSCC1. The quantitative estimate of drug-likeness (QED) is 0.795. The second-order valence-corrected chi connectivity index (χ2v) is 5.67. The number of amides is 1. The predicted molar refractivity (Wildman–Crippen MR) is 67.3 cm³/mol. The maximum absolute atomic E-state index is 13.6. The van der Waals surface area contributed by atoms with E-state index in [1.54, 1.807) is 11.0 Å². The highest BCUT2D eigenvalue weighted by Crippen LogP contribution is 2.18. The lowest BCUT2D eigenvalue weighted by Gasteiger charge is -2.26. The molecule has 1 fully saturated rings. The van der Waals surface area contributed by atoms with Gasteiger partial charge in [0, 0.05) is 29.1 Å². The molecule has 16 heavy (non-hydrogen) atoms. The number of carbonyl (C=O) groups excluding carboxylic acids is 1. The third-order valence-electron chi connectivity index (χ3n) is 2.46. The molecule has 1 heterocycles. The average molecular weight is 304 g/mol. The molecule has 0 saturated carbocycles. The van der Waals surface area contributed by atoms with E-state index >= 15 is 0 Å². The summed E-state index contributed by atoms with van der Waals surface area (Å²) in [7, 11) is 0. The Morgan fingerprint density at radius 1 is 1.38 bits per heavy atom. The van der Waals surface area contributed by atoms with Gasteiger partial charge in [-0.15, -0.1) is 0 Å². The van der Waals surface area contributed by atoms with E-state index in [0.717, 1.165) is 11.5 Å². The molecule has 5 heteroatoms. The van der Waals surface area contributed by atoms with Crippen LogP contribution >= 0.6 is 27.7 Å². The van der Waals surface area contributed by atoms with Gasteiger partial charge in [0.1, 0.15) is 5.82 Å². The van der Waals surface area contributed by atoms with E-state index < -0.39 is 5.82 Å². The third kappa shape index (κ3) is 2.58. The number of carbonyl (C=O) groups is 1. The minimum atomic E-state index is -0.461. The van der Waals surface area contributed by atoms with Crippen LogP contribution in [0.1, 0.15) is 10.4 Å². The van der Waals surface area contributed by atoms with Crippen LogP contribution in [0.4, 0.5) is 4.39 Å². The van der Waals surface area contributed by atoms with Gasteiger partial charge in [-0.1, -0.05) is 15.9 Å². The van der Waals surface area contributed by atoms with Crippen molar-refractivity contribution in [2.24, 2.45) is 0 Å². The lowest BCUT2D eigenvalue weighted by Crippen LogP contribution is -2.38. The zero-order valence-corrected chi connectivity index (χ0v) is 11.0.